The molecule has 11 heteroatoms. The lowest BCUT2D eigenvalue weighted by Gasteiger charge is -2.18. The van der Waals surface area contributed by atoms with Crippen LogP contribution in [0.4, 0.5) is 0 Å². The van der Waals surface area contributed by atoms with Gasteiger partial charge in [0.2, 0.25) is 15.9 Å². The minimum absolute atomic E-state index is 0.126. The molecule has 8 nitrogen and oxygen atoms in total. The number of nitrogens with one attached hydrogen (secondary N) is 2. The fourth-order valence-electron chi connectivity index (χ4n) is 4.10. The minimum Gasteiger partial charge on any atom is -0.490 e. The lowest BCUT2D eigenvalue weighted by Crippen LogP contribution is -2.32. The average molecular weight is 776 g/mol. The van der Waals surface area contributed by atoms with E-state index in [0.717, 1.165) is 19.2 Å². The molecule has 0 aliphatic rings. The van der Waals surface area contributed by atoms with Crippen LogP contribution in [0.15, 0.2) is 105 Å². The maximum Gasteiger partial charge on any atom is 0.242 e. The van der Waals surface area contributed by atoms with Crippen LogP contribution in [-0.4, -0.2) is 27.1 Å². The number of hydrazone groups is 1. The Morgan fingerprint density at radius 1 is 1.00 bits per heavy atom. The second-order valence-electron chi connectivity index (χ2n) is 9.57. The largest absolute Gasteiger partial charge is 0.490 e. The molecule has 0 aromatic heterocycles. The van der Waals surface area contributed by atoms with Gasteiger partial charge >= 0.3 is 0 Å². The first-order valence-electron chi connectivity index (χ1n) is 13.4. The quantitative estimate of drug-likeness (QED) is 0.0874. The summed E-state index contributed by atoms with van der Waals surface area (Å²) in [7, 11) is -3.87. The van der Waals surface area contributed by atoms with Gasteiger partial charge in [0.25, 0.3) is 0 Å². The van der Waals surface area contributed by atoms with Crippen molar-refractivity contribution in [2.45, 2.75) is 37.8 Å². The Morgan fingerprint density at radius 2 is 1.70 bits per heavy atom. The zero-order valence-corrected chi connectivity index (χ0v) is 28.1. The van der Waals surface area contributed by atoms with Crippen LogP contribution in [0.5, 0.6) is 11.5 Å². The molecular formula is C32H31BrIN3O5S. The Balaban J connectivity index is 1.44. The molecule has 0 radical (unpaired) electrons. The summed E-state index contributed by atoms with van der Waals surface area (Å²) in [5.74, 6) is 0.734. The highest BCUT2D eigenvalue weighted by Crippen LogP contribution is 2.34. The first-order valence-corrected chi connectivity index (χ1v) is 16.8. The molecule has 0 saturated heterocycles. The second-order valence-corrected chi connectivity index (χ2v) is 13.4. The summed E-state index contributed by atoms with van der Waals surface area (Å²) in [6.07, 6.45) is 1.35. The highest BCUT2D eigenvalue weighted by Gasteiger charge is 2.24. The normalized spacial score (nSPS) is 12.2. The van der Waals surface area contributed by atoms with Crippen molar-refractivity contribution < 1.29 is 22.7 Å². The Bertz CT molecular complexity index is 1670. The fraction of sp³-hybridized carbons (Fsp3) is 0.188. The van der Waals surface area contributed by atoms with Crippen LogP contribution >= 0.6 is 38.5 Å². The van der Waals surface area contributed by atoms with Crippen LogP contribution in [0.25, 0.3) is 0 Å². The summed E-state index contributed by atoms with van der Waals surface area (Å²) < 4.78 is 42.6. The van der Waals surface area contributed by atoms with E-state index in [4.69, 9.17) is 9.47 Å². The highest BCUT2D eigenvalue weighted by atomic mass is 127. The minimum atomic E-state index is -3.87. The molecule has 1 amide bonds. The molecule has 0 spiro atoms. The van der Waals surface area contributed by atoms with Crippen molar-refractivity contribution in [3.8, 4) is 11.5 Å². The molecule has 0 aliphatic heterocycles. The van der Waals surface area contributed by atoms with E-state index < -0.39 is 22.0 Å². The number of hydrogen-bond acceptors (Lipinski definition) is 6. The Hall–Kier alpha value is -3.26. The topological polar surface area (TPSA) is 106 Å². The molecule has 4 aromatic rings. The second kappa shape index (κ2) is 15.5. The number of hydrogen-bond donors (Lipinski definition) is 2. The third kappa shape index (κ3) is 9.62. The van der Waals surface area contributed by atoms with Gasteiger partial charge in [-0.1, -0.05) is 76.1 Å². The van der Waals surface area contributed by atoms with E-state index in [2.05, 4.69) is 53.8 Å². The first kappa shape index (κ1) is 32.6. The molecule has 0 heterocycles. The molecule has 4 aromatic carbocycles. The number of nitrogens with zero attached hydrogens (tertiary/aromatic N) is 1. The number of halogens is 2. The van der Waals surface area contributed by atoms with E-state index in [1.165, 1.54) is 6.21 Å². The van der Waals surface area contributed by atoms with Gasteiger partial charge in [-0.2, -0.15) is 5.10 Å². The number of carbonyl (C=O) groups is 1. The van der Waals surface area contributed by atoms with Crippen molar-refractivity contribution >= 4 is 60.7 Å². The van der Waals surface area contributed by atoms with Crippen LogP contribution in [0.2, 0.25) is 0 Å². The van der Waals surface area contributed by atoms with Crippen molar-refractivity contribution in [2.24, 2.45) is 5.10 Å². The Labute approximate surface area is 274 Å². The van der Waals surface area contributed by atoms with Gasteiger partial charge in [-0.25, -0.2) is 18.6 Å². The summed E-state index contributed by atoms with van der Waals surface area (Å²) in [6, 6.07) is 26.3. The molecule has 2 N–H and O–H groups in total. The number of sulfonamides is 1. The van der Waals surface area contributed by atoms with Gasteiger partial charge in [-0.3, -0.25) is 4.79 Å². The van der Waals surface area contributed by atoms with Gasteiger partial charge in [0.15, 0.2) is 11.5 Å². The van der Waals surface area contributed by atoms with Crippen LogP contribution in [0.3, 0.4) is 0 Å². The van der Waals surface area contributed by atoms with Crippen molar-refractivity contribution in [1.29, 1.82) is 0 Å². The molecule has 0 aliphatic carbocycles. The third-order valence-electron chi connectivity index (χ3n) is 6.25. The standard InChI is InChI=1S/C32H31BrIN3O5S/c1-3-41-30-18-24(17-28(34)32(30)42-21-23-11-13-26(33)14-12-23)20-35-36-31(38)19-29(25-7-5-4-6-8-25)37-43(39,40)27-15-9-22(2)10-16-27/h4-18,20,29,37H,3,19,21H2,1-2H3,(H,36,38)/b35-20-/t29-/m1/s1. The molecule has 0 fully saturated rings. The summed E-state index contributed by atoms with van der Waals surface area (Å²) in [4.78, 5) is 13.0. The average Bonchev–Trinajstić information content (AvgIpc) is 2.98. The Morgan fingerprint density at radius 3 is 2.37 bits per heavy atom. The number of aryl methyl sites for hydroxylation is 1. The summed E-state index contributed by atoms with van der Waals surface area (Å²) in [5, 5.41) is 4.12. The predicted octanol–water partition coefficient (Wildman–Crippen LogP) is 6.90. The third-order valence-corrected chi connectivity index (χ3v) is 9.07. The predicted molar refractivity (Wildman–Crippen MR) is 180 cm³/mol. The van der Waals surface area contributed by atoms with Gasteiger partial charge < -0.3 is 9.47 Å². The molecule has 0 bridgehead atoms. The molecule has 0 saturated carbocycles. The molecule has 1 atom stereocenters. The zero-order valence-electron chi connectivity index (χ0n) is 23.6. The SMILES string of the molecule is CCOc1cc(/C=N\NC(=O)C[C@@H](NS(=O)(=O)c2ccc(C)cc2)c2ccccc2)cc(I)c1OCc1ccc(Br)cc1. The fourth-order valence-corrected chi connectivity index (χ4v) is 6.37. The number of rotatable bonds is 13. The van der Waals surface area contributed by atoms with Crippen LogP contribution in [0, 0.1) is 10.5 Å². The first-order chi connectivity index (χ1) is 20.6. The number of ether oxygens (including phenoxy) is 2. The summed E-state index contributed by atoms with van der Waals surface area (Å²) in [5.41, 5.74) is 5.84. The van der Waals surface area contributed by atoms with Gasteiger partial charge in [-0.05, 0) is 89.5 Å². The summed E-state index contributed by atoms with van der Waals surface area (Å²) >= 11 is 5.62. The molecular weight excluding hydrogens is 745 g/mol. The van der Waals surface area contributed by atoms with Crippen LogP contribution in [0.1, 0.15) is 41.6 Å². The van der Waals surface area contributed by atoms with E-state index in [1.54, 1.807) is 54.6 Å². The van der Waals surface area contributed by atoms with Gasteiger partial charge in [0.1, 0.15) is 6.61 Å². The van der Waals surface area contributed by atoms with Crippen molar-refractivity contribution in [1.82, 2.24) is 10.1 Å². The maximum atomic E-state index is 13.1. The smallest absolute Gasteiger partial charge is 0.242 e. The molecule has 43 heavy (non-hydrogen) atoms. The zero-order chi connectivity index (χ0) is 30.8. The number of benzene rings is 4. The lowest BCUT2D eigenvalue weighted by atomic mass is 10.0. The molecule has 4 rings (SSSR count). The van der Waals surface area contributed by atoms with Gasteiger partial charge in [0, 0.05) is 10.9 Å². The van der Waals surface area contributed by atoms with E-state index >= 15 is 0 Å². The van der Waals surface area contributed by atoms with E-state index in [1.807, 2.05) is 50.2 Å². The maximum absolute atomic E-state index is 13.1. The van der Waals surface area contributed by atoms with Crippen molar-refractivity contribution in [2.75, 3.05) is 6.61 Å². The van der Waals surface area contributed by atoms with Gasteiger partial charge in [-0.15, -0.1) is 0 Å². The van der Waals surface area contributed by atoms with E-state index in [9.17, 15) is 13.2 Å². The van der Waals surface area contributed by atoms with Crippen LogP contribution < -0.4 is 19.6 Å². The van der Waals surface area contributed by atoms with Crippen LogP contribution in [-0.2, 0) is 21.4 Å². The molecule has 224 valence electrons. The lowest BCUT2D eigenvalue weighted by molar-refractivity contribution is -0.121. The van der Waals surface area contributed by atoms with E-state index in [0.29, 0.717) is 35.8 Å². The van der Waals surface area contributed by atoms with Crippen molar-refractivity contribution in [3.63, 3.8) is 0 Å². The molecule has 0 unspecified atom stereocenters. The van der Waals surface area contributed by atoms with E-state index in [-0.39, 0.29) is 11.3 Å². The number of amides is 1. The Kier molecular flexibility index (Phi) is 11.7. The highest BCUT2D eigenvalue weighted by molar-refractivity contribution is 14.1. The van der Waals surface area contributed by atoms with Crippen molar-refractivity contribution in [3.05, 3.63) is 121 Å². The monoisotopic (exact) mass is 775 g/mol. The van der Waals surface area contributed by atoms with Gasteiger partial charge in [0.05, 0.1) is 27.3 Å². The summed E-state index contributed by atoms with van der Waals surface area (Å²) in [6.45, 7) is 4.60. The number of carbonyl (C=O) groups excluding carboxylic acids is 1.